The molecule has 2 N–H and O–H groups in total. The molecule has 3 heterocycles. The van der Waals surface area contributed by atoms with Gasteiger partial charge in [0.05, 0.1) is 12.9 Å². The van der Waals surface area contributed by atoms with Gasteiger partial charge in [0.15, 0.2) is 29.4 Å². The molecule has 1 saturated heterocycles. The number of alkyl halides is 1. The summed E-state index contributed by atoms with van der Waals surface area (Å²) in [6, 6.07) is 20.3. The Balaban J connectivity index is 1.46. The summed E-state index contributed by atoms with van der Waals surface area (Å²) < 4.78 is 30.2. The van der Waals surface area contributed by atoms with Crippen LogP contribution in [0.3, 0.4) is 0 Å². The van der Waals surface area contributed by atoms with Crippen molar-refractivity contribution in [3.63, 3.8) is 0 Å². The largest absolute Gasteiger partial charge is 0.405 e. The maximum absolute atomic E-state index is 15.7. The predicted molar refractivity (Wildman–Crippen MR) is 157 cm³/mol. The highest BCUT2D eigenvalue weighted by Gasteiger charge is 2.52. The van der Waals surface area contributed by atoms with Gasteiger partial charge in [0, 0.05) is 6.54 Å². The lowest BCUT2D eigenvalue weighted by molar-refractivity contribution is -0.0428. The molecule has 0 unspecified atom stereocenters. The summed E-state index contributed by atoms with van der Waals surface area (Å²) in [6.07, 6.45) is -2.88. The van der Waals surface area contributed by atoms with Crippen molar-refractivity contribution >= 4 is 47.3 Å². The van der Waals surface area contributed by atoms with Crippen molar-refractivity contribution in [2.45, 2.75) is 63.8 Å². The zero-order valence-electron chi connectivity index (χ0n) is 23.1. The molecule has 1 aliphatic heterocycles. The van der Waals surface area contributed by atoms with Crippen molar-refractivity contribution in [1.29, 1.82) is 0 Å². The predicted octanol–water partition coefficient (Wildman–Crippen LogP) is 4.47. The number of rotatable bonds is 9. The van der Waals surface area contributed by atoms with Gasteiger partial charge in [-0.3, -0.25) is 4.57 Å². The first-order valence-electron chi connectivity index (χ1n) is 13.5. The third-order valence-electron chi connectivity index (χ3n) is 7.39. The molecular formula is C29H35ClFN5O3Si. The Hall–Kier alpha value is -2.89. The van der Waals surface area contributed by atoms with E-state index in [9.17, 15) is 5.11 Å². The Kier molecular flexibility index (Phi) is 8.26. The number of hydrogen-bond acceptors (Lipinski definition) is 7. The summed E-state index contributed by atoms with van der Waals surface area (Å²) in [5.74, 6) is 0.469. The maximum atomic E-state index is 15.7. The number of fused-ring (bicyclic) bond motifs is 1. The van der Waals surface area contributed by atoms with Crippen LogP contribution in [-0.2, 0) is 9.16 Å². The van der Waals surface area contributed by atoms with Crippen molar-refractivity contribution in [2.24, 2.45) is 0 Å². The molecule has 0 radical (unpaired) electrons. The molecule has 212 valence electrons. The topological polar surface area (TPSA) is 94.3 Å². The molecule has 5 rings (SSSR count). The molecule has 8 nitrogen and oxygen atoms in total. The first kappa shape index (κ1) is 28.6. The minimum absolute atomic E-state index is 0.00775. The fourth-order valence-electron chi connectivity index (χ4n) is 5.48. The number of aromatic nitrogens is 4. The van der Waals surface area contributed by atoms with Gasteiger partial charge in [-0.2, -0.15) is 9.97 Å². The van der Waals surface area contributed by atoms with Crippen LogP contribution in [0.5, 0.6) is 0 Å². The van der Waals surface area contributed by atoms with E-state index in [1.54, 1.807) is 0 Å². The smallest absolute Gasteiger partial charge is 0.261 e. The van der Waals surface area contributed by atoms with Gasteiger partial charge in [-0.15, -0.1) is 0 Å². The zero-order valence-corrected chi connectivity index (χ0v) is 24.8. The van der Waals surface area contributed by atoms with E-state index in [4.69, 9.17) is 20.8 Å². The lowest BCUT2D eigenvalue weighted by Crippen LogP contribution is -2.67. The van der Waals surface area contributed by atoms with Crippen LogP contribution in [0.15, 0.2) is 67.0 Å². The number of aliphatic hydroxyl groups is 1. The normalized spacial score (nSPS) is 21.7. The number of nitrogens with zero attached hydrogens (tertiary/aromatic N) is 4. The second-order valence-corrected chi connectivity index (χ2v) is 15.7. The molecule has 4 atom stereocenters. The molecule has 0 bridgehead atoms. The summed E-state index contributed by atoms with van der Waals surface area (Å²) in [6.45, 7) is 9.20. The van der Waals surface area contributed by atoms with Gasteiger partial charge < -0.3 is 19.6 Å². The van der Waals surface area contributed by atoms with Crippen molar-refractivity contribution in [2.75, 3.05) is 18.5 Å². The third kappa shape index (κ3) is 5.14. The van der Waals surface area contributed by atoms with Crippen LogP contribution < -0.4 is 15.7 Å². The highest BCUT2D eigenvalue weighted by atomic mass is 35.5. The standard InChI is InChI=1S/C29H35ClFN5O3Si/c1-5-16-32-25-23-26(35-28(30)34-25)36(18-33-23)27-22(31)24(37)21(39-27)17-38-40(29(2,3)4,19-12-8-6-9-13-19)20-14-10-7-11-15-20/h6-15,18,21-22,24,27,37H,5,16-17H2,1-4H3,(H,32,34,35)/t21-,22+,24-,27-/m1/s1. The maximum Gasteiger partial charge on any atom is 0.261 e. The van der Waals surface area contributed by atoms with E-state index in [2.05, 4.69) is 65.3 Å². The van der Waals surface area contributed by atoms with Gasteiger partial charge in [0.25, 0.3) is 8.32 Å². The van der Waals surface area contributed by atoms with Crippen LogP contribution in [0.2, 0.25) is 10.3 Å². The molecule has 2 aromatic heterocycles. The molecular weight excluding hydrogens is 549 g/mol. The monoisotopic (exact) mass is 583 g/mol. The van der Waals surface area contributed by atoms with Crippen molar-refractivity contribution in [3.8, 4) is 0 Å². The minimum atomic E-state index is -2.91. The van der Waals surface area contributed by atoms with Crippen molar-refractivity contribution < 1.29 is 18.7 Å². The van der Waals surface area contributed by atoms with Gasteiger partial charge in [-0.25, -0.2) is 9.37 Å². The second kappa shape index (κ2) is 11.5. The van der Waals surface area contributed by atoms with Crippen LogP contribution in [0.1, 0.15) is 40.3 Å². The fraction of sp³-hybridized carbons (Fsp3) is 0.414. The number of benzene rings is 2. The van der Waals surface area contributed by atoms with E-state index < -0.39 is 32.9 Å². The molecule has 1 aliphatic rings. The number of imidazole rings is 1. The number of halogens is 2. The summed E-state index contributed by atoms with van der Waals surface area (Å²) in [4.78, 5) is 12.9. The van der Waals surface area contributed by atoms with Crippen molar-refractivity contribution in [1.82, 2.24) is 19.5 Å². The summed E-state index contributed by atoms with van der Waals surface area (Å²) >= 11 is 6.19. The van der Waals surface area contributed by atoms with Gasteiger partial charge in [0.1, 0.15) is 12.2 Å². The first-order valence-corrected chi connectivity index (χ1v) is 15.8. The van der Waals surface area contributed by atoms with Crippen molar-refractivity contribution in [3.05, 3.63) is 72.3 Å². The Morgan fingerprint density at radius 3 is 2.27 bits per heavy atom. The average Bonchev–Trinajstić information content (AvgIpc) is 3.48. The van der Waals surface area contributed by atoms with E-state index in [-0.39, 0.29) is 16.9 Å². The molecule has 4 aromatic rings. The number of anilines is 1. The van der Waals surface area contributed by atoms with Gasteiger partial charge in [0.2, 0.25) is 5.28 Å². The van der Waals surface area contributed by atoms with Crippen LogP contribution >= 0.6 is 11.6 Å². The van der Waals surface area contributed by atoms with E-state index >= 15 is 4.39 Å². The Labute approximate surface area is 239 Å². The summed E-state index contributed by atoms with van der Waals surface area (Å²) in [7, 11) is -2.91. The molecule has 40 heavy (non-hydrogen) atoms. The van der Waals surface area contributed by atoms with Gasteiger partial charge >= 0.3 is 0 Å². The third-order valence-corrected chi connectivity index (χ3v) is 12.6. The molecule has 1 fully saturated rings. The highest BCUT2D eigenvalue weighted by molar-refractivity contribution is 6.99. The quantitative estimate of drug-likeness (QED) is 0.222. The van der Waals surface area contributed by atoms with Crippen LogP contribution in [0.25, 0.3) is 11.2 Å². The summed E-state index contributed by atoms with van der Waals surface area (Å²) in [5.41, 5.74) is 0.780. The molecule has 11 heteroatoms. The van der Waals surface area contributed by atoms with Gasteiger partial charge in [-0.05, 0) is 33.4 Å². The SMILES string of the molecule is CCCNc1nc(Cl)nc2c1ncn2[C@@H]1O[C@H](CO[Si](c2ccccc2)(c2ccccc2)C(C)(C)C)[C@@H](O)[C@@H]1F. The van der Waals surface area contributed by atoms with E-state index in [1.165, 1.54) is 10.9 Å². The minimum Gasteiger partial charge on any atom is -0.405 e. The Morgan fingerprint density at radius 1 is 1.07 bits per heavy atom. The first-order chi connectivity index (χ1) is 19.2. The van der Waals surface area contributed by atoms with E-state index in [1.807, 2.05) is 43.3 Å². The molecule has 0 amide bonds. The van der Waals surface area contributed by atoms with E-state index in [0.717, 1.165) is 16.8 Å². The lowest BCUT2D eigenvalue weighted by Gasteiger charge is -2.43. The molecule has 0 spiro atoms. The molecule has 0 saturated carbocycles. The Bertz CT molecular complexity index is 1400. The van der Waals surface area contributed by atoms with Gasteiger partial charge in [-0.1, -0.05) is 88.4 Å². The number of ether oxygens (including phenoxy) is 1. The molecule has 0 aliphatic carbocycles. The van der Waals surface area contributed by atoms with Crippen LogP contribution in [-0.4, -0.2) is 64.5 Å². The fourth-order valence-corrected chi connectivity index (χ4v) is 10.2. The number of hydrogen-bond donors (Lipinski definition) is 2. The Morgan fingerprint density at radius 2 is 1.70 bits per heavy atom. The lowest BCUT2D eigenvalue weighted by atomic mass is 10.1. The number of nitrogens with one attached hydrogen (secondary N) is 1. The number of aliphatic hydroxyl groups excluding tert-OH is 1. The van der Waals surface area contributed by atoms with Crippen LogP contribution in [0, 0.1) is 0 Å². The second-order valence-electron chi connectivity index (χ2n) is 11.1. The summed E-state index contributed by atoms with van der Waals surface area (Å²) in [5, 5.41) is 16.1. The van der Waals surface area contributed by atoms with Crippen LogP contribution in [0.4, 0.5) is 10.2 Å². The average molecular weight is 584 g/mol. The zero-order chi connectivity index (χ0) is 28.5. The molecule has 2 aromatic carbocycles. The van der Waals surface area contributed by atoms with E-state index in [0.29, 0.717) is 23.5 Å². The highest BCUT2D eigenvalue weighted by Crippen LogP contribution is 2.39.